The number of fused-ring (bicyclic) bond motifs is 1. The monoisotopic (exact) mass is 329 g/mol. The number of hydrogen-bond acceptors (Lipinski definition) is 4. The molecule has 0 unspecified atom stereocenters. The van der Waals surface area contributed by atoms with Gasteiger partial charge in [0.25, 0.3) is 0 Å². The summed E-state index contributed by atoms with van der Waals surface area (Å²) in [5.41, 5.74) is 2.15. The Hall–Kier alpha value is -3.10. The molecule has 0 saturated heterocycles. The second-order valence-corrected chi connectivity index (χ2v) is 5.26. The average molecular weight is 329 g/mol. The molecule has 0 fully saturated rings. The van der Waals surface area contributed by atoms with Gasteiger partial charge in [-0.1, -0.05) is 6.92 Å². The van der Waals surface area contributed by atoms with E-state index in [-0.39, 0.29) is 12.6 Å². The Morgan fingerprint density at radius 2 is 2.17 bits per heavy atom. The van der Waals surface area contributed by atoms with E-state index in [1.807, 2.05) is 18.2 Å². The van der Waals surface area contributed by atoms with Gasteiger partial charge in [-0.05, 0) is 25.1 Å². The smallest absolute Gasteiger partial charge is 0.331 e. The van der Waals surface area contributed by atoms with Crippen molar-refractivity contribution in [1.29, 1.82) is 0 Å². The van der Waals surface area contributed by atoms with Crippen LogP contribution in [0.4, 0.5) is 10.5 Å². The van der Waals surface area contributed by atoms with Gasteiger partial charge >= 0.3 is 11.7 Å². The van der Waals surface area contributed by atoms with Crippen LogP contribution in [0, 0.1) is 0 Å². The highest BCUT2D eigenvalue weighted by Gasteiger charge is 2.10. The minimum Gasteiger partial charge on any atom is -0.331 e. The van der Waals surface area contributed by atoms with Gasteiger partial charge in [0.05, 0.1) is 17.6 Å². The second-order valence-electron chi connectivity index (χ2n) is 5.26. The molecular formula is C15H19N7O2. The number of anilines is 1. The molecule has 4 N–H and O–H groups in total. The van der Waals surface area contributed by atoms with Gasteiger partial charge in [-0.15, -0.1) is 0 Å². The lowest BCUT2D eigenvalue weighted by Gasteiger charge is -2.07. The van der Waals surface area contributed by atoms with Crippen molar-refractivity contribution in [1.82, 2.24) is 30.0 Å². The quantitative estimate of drug-likeness (QED) is 0.564. The maximum absolute atomic E-state index is 11.9. The van der Waals surface area contributed by atoms with Crippen LogP contribution in [-0.4, -0.2) is 30.8 Å². The zero-order valence-electron chi connectivity index (χ0n) is 13.5. The molecule has 0 atom stereocenters. The lowest BCUT2D eigenvalue weighted by atomic mass is 10.2. The summed E-state index contributed by atoms with van der Waals surface area (Å²) in [6, 6.07) is 5.25. The van der Waals surface area contributed by atoms with Crippen molar-refractivity contribution < 1.29 is 4.79 Å². The summed E-state index contributed by atoms with van der Waals surface area (Å²) < 4.78 is 2.16. The van der Waals surface area contributed by atoms with Crippen LogP contribution < -0.4 is 16.3 Å². The van der Waals surface area contributed by atoms with E-state index in [1.54, 1.807) is 0 Å². The zero-order chi connectivity index (χ0) is 17.1. The van der Waals surface area contributed by atoms with Crippen LogP contribution in [0.25, 0.3) is 11.0 Å². The lowest BCUT2D eigenvalue weighted by molar-refractivity contribution is 0.251. The standard InChI is InChI=1S/C15H19N7O2/c1-3-13-18-10-7-9(5-6-11(10)22(13)4-2)17-14(23)16-8-12-19-15(24)21-20-12/h5-7H,3-4,8H2,1-2H3,(H2,16,17,23)(H2,19,20,21,24). The van der Waals surface area contributed by atoms with Crippen LogP contribution in [0.5, 0.6) is 0 Å². The Bertz CT molecular complexity index is 921. The number of aryl methyl sites for hydroxylation is 2. The highest BCUT2D eigenvalue weighted by atomic mass is 16.2. The Labute approximate surface area is 137 Å². The number of rotatable bonds is 5. The second kappa shape index (κ2) is 6.57. The highest BCUT2D eigenvalue weighted by molar-refractivity contribution is 5.92. The fourth-order valence-corrected chi connectivity index (χ4v) is 2.61. The normalized spacial score (nSPS) is 10.9. The number of aromatic nitrogens is 5. The van der Waals surface area contributed by atoms with Crippen molar-refractivity contribution in [3.05, 3.63) is 40.3 Å². The Morgan fingerprint density at radius 1 is 1.33 bits per heavy atom. The highest BCUT2D eigenvalue weighted by Crippen LogP contribution is 2.21. The molecule has 0 aliphatic rings. The van der Waals surface area contributed by atoms with Crippen LogP contribution in [0.2, 0.25) is 0 Å². The summed E-state index contributed by atoms with van der Waals surface area (Å²) >= 11 is 0. The molecule has 2 heterocycles. The largest absolute Gasteiger partial charge is 0.340 e. The first-order chi connectivity index (χ1) is 11.6. The summed E-state index contributed by atoms with van der Waals surface area (Å²) in [6.07, 6.45) is 0.855. The Kier molecular flexibility index (Phi) is 4.32. The minimum absolute atomic E-state index is 0.122. The van der Waals surface area contributed by atoms with Crippen molar-refractivity contribution in [3.63, 3.8) is 0 Å². The molecule has 0 aliphatic carbocycles. The molecule has 0 radical (unpaired) electrons. The van der Waals surface area contributed by atoms with Crippen LogP contribution in [0.3, 0.4) is 0 Å². The Morgan fingerprint density at radius 3 is 2.83 bits per heavy atom. The number of carbonyl (C=O) groups is 1. The van der Waals surface area contributed by atoms with E-state index in [1.165, 1.54) is 0 Å². The minimum atomic E-state index is -0.407. The fourth-order valence-electron chi connectivity index (χ4n) is 2.61. The van der Waals surface area contributed by atoms with Crippen LogP contribution in [0.1, 0.15) is 25.5 Å². The van der Waals surface area contributed by atoms with Gasteiger partial charge in [-0.2, -0.15) is 5.10 Å². The van der Waals surface area contributed by atoms with Gasteiger partial charge in [0.2, 0.25) is 0 Å². The summed E-state index contributed by atoms with van der Waals surface area (Å²) in [6.45, 7) is 5.13. The van der Waals surface area contributed by atoms with Gasteiger partial charge in [-0.3, -0.25) is 4.98 Å². The first-order valence-corrected chi connectivity index (χ1v) is 7.78. The van der Waals surface area contributed by atoms with Crippen molar-refractivity contribution >= 4 is 22.8 Å². The molecule has 1 aromatic carbocycles. The van der Waals surface area contributed by atoms with E-state index >= 15 is 0 Å². The zero-order valence-corrected chi connectivity index (χ0v) is 13.5. The third kappa shape index (κ3) is 3.14. The maximum Gasteiger partial charge on any atom is 0.340 e. The summed E-state index contributed by atoms with van der Waals surface area (Å²) in [5, 5.41) is 11.3. The van der Waals surface area contributed by atoms with E-state index in [9.17, 15) is 9.59 Å². The van der Waals surface area contributed by atoms with Crippen molar-refractivity contribution in [2.24, 2.45) is 0 Å². The molecule has 2 aromatic heterocycles. The molecular weight excluding hydrogens is 310 g/mol. The van der Waals surface area contributed by atoms with Crippen LogP contribution in [0.15, 0.2) is 23.0 Å². The van der Waals surface area contributed by atoms with Gasteiger partial charge in [0.15, 0.2) is 0 Å². The number of amides is 2. The van der Waals surface area contributed by atoms with Crippen molar-refractivity contribution in [3.8, 4) is 0 Å². The Balaban J connectivity index is 1.70. The SMILES string of the molecule is CCc1nc2cc(NC(=O)NCc3n[nH]c(=O)[nH]3)ccc2n1CC. The maximum atomic E-state index is 11.9. The molecule has 3 aromatic rings. The topological polar surface area (TPSA) is 120 Å². The van der Waals surface area contributed by atoms with Gasteiger partial charge in [0.1, 0.15) is 11.6 Å². The van der Waals surface area contributed by atoms with E-state index in [2.05, 4.69) is 49.2 Å². The molecule has 126 valence electrons. The van der Waals surface area contributed by atoms with E-state index < -0.39 is 5.69 Å². The van der Waals surface area contributed by atoms with Crippen molar-refractivity contribution in [2.75, 3.05) is 5.32 Å². The average Bonchev–Trinajstić information content (AvgIpc) is 3.15. The molecule has 9 nitrogen and oxygen atoms in total. The van der Waals surface area contributed by atoms with E-state index in [0.717, 1.165) is 29.8 Å². The lowest BCUT2D eigenvalue weighted by Crippen LogP contribution is -2.28. The number of nitrogens with zero attached hydrogens (tertiary/aromatic N) is 3. The third-order valence-electron chi connectivity index (χ3n) is 3.68. The first kappa shape index (κ1) is 15.8. The molecule has 3 rings (SSSR count). The number of aromatic amines is 2. The van der Waals surface area contributed by atoms with Gasteiger partial charge in [0, 0.05) is 18.7 Å². The number of benzene rings is 1. The molecule has 24 heavy (non-hydrogen) atoms. The number of imidazole rings is 1. The predicted octanol–water partition coefficient (Wildman–Crippen LogP) is 1.35. The van der Waals surface area contributed by atoms with Crippen molar-refractivity contribution in [2.45, 2.75) is 33.4 Å². The number of H-pyrrole nitrogens is 2. The molecule has 9 heteroatoms. The van der Waals surface area contributed by atoms with Gasteiger partial charge < -0.3 is 15.2 Å². The van der Waals surface area contributed by atoms with E-state index in [0.29, 0.717) is 11.5 Å². The van der Waals surface area contributed by atoms with Crippen LogP contribution in [-0.2, 0) is 19.5 Å². The summed E-state index contributed by atoms with van der Waals surface area (Å²) in [5.74, 6) is 1.39. The third-order valence-corrected chi connectivity index (χ3v) is 3.68. The molecule has 0 bridgehead atoms. The molecule has 0 aliphatic heterocycles. The van der Waals surface area contributed by atoms with Crippen LogP contribution >= 0.6 is 0 Å². The molecule has 0 saturated carbocycles. The number of urea groups is 1. The molecule has 0 spiro atoms. The number of nitrogens with one attached hydrogen (secondary N) is 4. The van der Waals surface area contributed by atoms with E-state index in [4.69, 9.17) is 0 Å². The number of carbonyl (C=O) groups excluding carboxylic acids is 1. The summed E-state index contributed by atoms with van der Waals surface area (Å²) in [7, 11) is 0. The van der Waals surface area contributed by atoms with Gasteiger partial charge in [-0.25, -0.2) is 19.7 Å². The predicted molar refractivity (Wildman–Crippen MR) is 89.9 cm³/mol. The fraction of sp³-hybridized carbons (Fsp3) is 0.333. The summed E-state index contributed by atoms with van der Waals surface area (Å²) in [4.78, 5) is 29.9. The first-order valence-electron chi connectivity index (χ1n) is 7.78. The molecule has 2 amide bonds. The number of hydrogen-bond donors (Lipinski definition) is 4.